The Morgan fingerprint density at radius 3 is 2.82 bits per heavy atom. The van der Waals surface area contributed by atoms with Gasteiger partial charge in [0.25, 0.3) is 5.69 Å². The Bertz CT molecular complexity index is 969. The first-order chi connectivity index (χ1) is 13.4. The number of fused-ring (bicyclic) bond motifs is 1. The van der Waals surface area contributed by atoms with Crippen LogP contribution in [-0.2, 0) is 9.53 Å². The fourth-order valence-corrected chi connectivity index (χ4v) is 3.44. The molecule has 2 heterocycles. The number of carbonyl (C=O) groups is 1. The number of carbonyl (C=O) groups excluding carboxylic acids is 1. The molecule has 0 spiro atoms. The van der Waals surface area contributed by atoms with E-state index < -0.39 is 16.9 Å². The predicted molar refractivity (Wildman–Crippen MR) is 103 cm³/mol. The SMILES string of the molecule is CCCC1=C(C(=O)OCC)C(c2cc([N+](=O)[O-])ccc2Cl)n2nc(C)nc2N1. The van der Waals surface area contributed by atoms with Crippen molar-refractivity contribution < 1.29 is 14.5 Å². The smallest absolute Gasteiger partial charge is 0.338 e. The molecule has 9 nitrogen and oxygen atoms in total. The third-order valence-corrected chi connectivity index (χ3v) is 4.67. The van der Waals surface area contributed by atoms with Gasteiger partial charge in [-0.15, -0.1) is 0 Å². The molecular weight excluding hydrogens is 386 g/mol. The van der Waals surface area contributed by atoms with Crippen LogP contribution in [0.2, 0.25) is 5.02 Å². The molecule has 1 atom stereocenters. The summed E-state index contributed by atoms with van der Waals surface area (Å²) in [4.78, 5) is 28.0. The third kappa shape index (κ3) is 3.57. The highest BCUT2D eigenvalue weighted by atomic mass is 35.5. The summed E-state index contributed by atoms with van der Waals surface area (Å²) >= 11 is 6.40. The Hall–Kier alpha value is -2.94. The minimum absolute atomic E-state index is 0.128. The van der Waals surface area contributed by atoms with E-state index >= 15 is 0 Å². The molecule has 1 aliphatic heterocycles. The predicted octanol–water partition coefficient (Wildman–Crippen LogP) is 3.78. The molecular formula is C18H20ClN5O4. The molecule has 3 rings (SSSR count). The number of nitro groups is 1. The maximum atomic E-state index is 12.9. The monoisotopic (exact) mass is 405 g/mol. The van der Waals surface area contributed by atoms with Crippen molar-refractivity contribution in [1.82, 2.24) is 14.8 Å². The van der Waals surface area contributed by atoms with Crippen molar-refractivity contribution >= 4 is 29.2 Å². The molecule has 10 heteroatoms. The van der Waals surface area contributed by atoms with Crippen LogP contribution >= 0.6 is 11.6 Å². The number of aryl methyl sites for hydroxylation is 1. The molecule has 28 heavy (non-hydrogen) atoms. The highest BCUT2D eigenvalue weighted by Crippen LogP contribution is 2.40. The van der Waals surface area contributed by atoms with E-state index in [4.69, 9.17) is 16.3 Å². The number of esters is 1. The zero-order valence-electron chi connectivity index (χ0n) is 15.7. The van der Waals surface area contributed by atoms with Crippen LogP contribution in [0.4, 0.5) is 11.6 Å². The van der Waals surface area contributed by atoms with E-state index in [-0.39, 0.29) is 17.3 Å². The average Bonchev–Trinajstić information content (AvgIpc) is 3.01. The van der Waals surface area contributed by atoms with E-state index in [0.717, 1.165) is 6.42 Å². The minimum Gasteiger partial charge on any atom is -0.463 e. The van der Waals surface area contributed by atoms with Crippen LogP contribution in [0.3, 0.4) is 0 Å². The molecule has 1 aliphatic rings. The lowest BCUT2D eigenvalue weighted by molar-refractivity contribution is -0.384. The van der Waals surface area contributed by atoms with Gasteiger partial charge in [-0.25, -0.2) is 9.48 Å². The summed E-state index contributed by atoms with van der Waals surface area (Å²) in [6.07, 6.45) is 1.34. The van der Waals surface area contributed by atoms with Gasteiger partial charge in [0.2, 0.25) is 5.95 Å². The van der Waals surface area contributed by atoms with Gasteiger partial charge in [-0.05, 0) is 26.3 Å². The van der Waals surface area contributed by atoms with E-state index in [0.29, 0.717) is 35.0 Å². The Morgan fingerprint density at radius 2 is 2.18 bits per heavy atom. The molecule has 0 fully saturated rings. The number of benzene rings is 1. The summed E-state index contributed by atoms with van der Waals surface area (Å²) in [6, 6.07) is 3.34. The summed E-state index contributed by atoms with van der Waals surface area (Å²) in [5, 5.41) is 19.1. The van der Waals surface area contributed by atoms with E-state index in [1.54, 1.807) is 13.8 Å². The number of aromatic nitrogens is 3. The van der Waals surface area contributed by atoms with Gasteiger partial charge in [-0.1, -0.05) is 24.9 Å². The molecule has 148 valence electrons. The van der Waals surface area contributed by atoms with Crippen molar-refractivity contribution in [3.63, 3.8) is 0 Å². The van der Waals surface area contributed by atoms with E-state index in [1.807, 2.05) is 6.92 Å². The molecule has 0 aliphatic carbocycles. The molecule has 0 saturated heterocycles. The quantitative estimate of drug-likeness (QED) is 0.442. The highest BCUT2D eigenvalue weighted by Gasteiger charge is 2.37. The summed E-state index contributed by atoms with van der Waals surface area (Å²) in [7, 11) is 0. The van der Waals surface area contributed by atoms with E-state index in [1.165, 1.54) is 22.9 Å². The average molecular weight is 406 g/mol. The Kier molecular flexibility index (Phi) is 5.64. The molecule has 0 saturated carbocycles. The molecule has 2 aromatic rings. The lowest BCUT2D eigenvalue weighted by Gasteiger charge is -2.29. The van der Waals surface area contributed by atoms with E-state index in [2.05, 4.69) is 15.4 Å². The van der Waals surface area contributed by atoms with E-state index in [9.17, 15) is 14.9 Å². The second-order valence-electron chi connectivity index (χ2n) is 6.28. The number of non-ortho nitro benzene ring substituents is 1. The van der Waals surface area contributed by atoms with Crippen molar-refractivity contribution in [1.29, 1.82) is 0 Å². The van der Waals surface area contributed by atoms with Gasteiger partial charge in [0, 0.05) is 28.4 Å². The zero-order chi connectivity index (χ0) is 20.4. The van der Waals surface area contributed by atoms with Crippen LogP contribution in [0.15, 0.2) is 29.5 Å². The van der Waals surface area contributed by atoms with Gasteiger partial charge in [-0.2, -0.15) is 10.1 Å². The normalized spacial score (nSPS) is 15.8. The maximum absolute atomic E-state index is 12.9. The Morgan fingerprint density at radius 1 is 1.43 bits per heavy atom. The van der Waals surface area contributed by atoms with Crippen LogP contribution in [0.25, 0.3) is 0 Å². The number of hydrogen-bond donors (Lipinski definition) is 1. The van der Waals surface area contributed by atoms with Crippen LogP contribution in [-0.4, -0.2) is 32.3 Å². The zero-order valence-corrected chi connectivity index (χ0v) is 16.5. The lowest BCUT2D eigenvalue weighted by atomic mass is 9.93. The number of nitrogens with one attached hydrogen (secondary N) is 1. The standard InChI is InChI=1S/C18H20ClN5O4/c1-4-6-14-15(17(25)28-5-2)16(23-18(21-14)20-10(3)22-23)12-9-11(24(26)27)7-8-13(12)19/h7-9,16H,4-6H2,1-3H3,(H,20,21,22). The molecule has 0 bridgehead atoms. The fourth-order valence-electron chi connectivity index (χ4n) is 3.22. The van der Waals surface area contributed by atoms with Gasteiger partial charge < -0.3 is 10.1 Å². The van der Waals surface area contributed by atoms with Crippen LogP contribution in [0.1, 0.15) is 44.1 Å². The van der Waals surface area contributed by atoms with Crippen LogP contribution in [0, 0.1) is 17.0 Å². The van der Waals surface area contributed by atoms with Crippen molar-refractivity contribution in [3.05, 3.63) is 56.0 Å². The molecule has 0 amide bonds. The molecule has 1 N–H and O–H groups in total. The Balaban J connectivity index is 2.28. The van der Waals surface area contributed by atoms with Crippen LogP contribution < -0.4 is 5.32 Å². The second-order valence-corrected chi connectivity index (χ2v) is 6.69. The number of allylic oxidation sites excluding steroid dienone is 1. The number of anilines is 1. The number of nitrogens with zero attached hydrogens (tertiary/aromatic N) is 4. The summed E-state index contributed by atoms with van der Waals surface area (Å²) in [5.41, 5.74) is 1.23. The molecule has 1 aromatic heterocycles. The van der Waals surface area contributed by atoms with Gasteiger partial charge >= 0.3 is 5.97 Å². The fraction of sp³-hybridized carbons (Fsp3) is 0.389. The van der Waals surface area contributed by atoms with Gasteiger partial charge in [0.15, 0.2) is 0 Å². The number of nitro benzene ring substituents is 1. The van der Waals surface area contributed by atoms with Crippen molar-refractivity contribution in [2.24, 2.45) is 0 Å². The summed E-state index contributed by atoms with van der Waals surface area (Å²) in [5.74, 6) is 0.418. The summed E-state index contributed by atoms with van der Waals surface area (Å²) in [6.45, 7) is 5.62. The van der Waals surface area contributed by atoms with Crippen molar-refractivity contribution in [2.75, 3.05) is 11.9 Å². The van der Waals surface area contributed by atoms with Crippen molar-refractivity contribution in [2.45, 2.75) is 39.7 Å². The first-order valence-corrected chi connectivity index (χ1v) is 9.29. The van der Waals surface area contributed by atoms with Crippen molar-refractivity contribution in [3.8, 4) is 0 Å². The van der Waals surface area contributed by atoms with Gasteiger partial charge in [0.05, 0.1) is 17.1 Å². The Labute approximate surface area is 166 Å². The molecule has 1 unspecified atom stereocenters. The second kappa shape index (κ2) is 7.97. The van der Waals surface area contributed by atoms with Gasteiger partial charge in [0.1, 0.15) is 11.9 Å². The lowest BCUT2D eigenvalue weighted by Crippen LogP contribution is -2.30. The molecule has 1 aromatic carbocycles. The number of halogens is 1. The highest BCUT2D eigenvalue weighted by molar-refractivity contribution is 6.31. The largest absolute Gasteiger partial charge is 0.463 e. The maximum Gasteiger partial charge on any atom is 0.338 e. The number of rotatable bonds is 6. The number of hydrogen-bond acceptors (Lipinski definition) is 7. The van der Waals surface area contributed by atoms with Gasteiger partial charge in [-0.3, -0.25) is 10.1 Å². The summed E-state index contributed by atoms with van der Waals surface area (Å²) < 4.78 is 6.79. The first-order valence-electron chi connectivity index (χ1n) is 8.91. The molecule has 0 radical (unpaired) electrons. The third-order valence-electron chi connectivity index (χ3n) is 4.32. The minimum atomic E-state index is -0.787. The van der Waals surface area contributed by atoms with Crippen LogP contribution in [0.5, 0.6) is 0 Å². The topological polar surface area (TPSA) is 112 Å². The first kappa shape index (κ1) is 19.8. The number of ether oxygens (including phenoxy) is 1.